The molecule has 9 heterocycles. The third-order valence-electron chi connectivity index (χ3n) is 26.0. The van der Waals surface area contributed by atoms with Gasteiger partial charge in [-0.2, -0.15) is 26.3 Å². The smallest absolute Gasteiger partial charge is 0.408 e. The molecule has 711 valence electrons. The van der Waals surface area contributed by atoms with E-state index in [-0.39, 0.29) is 170 Å². The monoisotopic (exact) mass is 1980 g/mol. The number of nitrogens with zero attached hydrogens (tertiary/aromatic N) is 9. The normalized spacial score (nSPS) is 29.8. The summed E-state index contributed by atoms with van der Waals surface area (Å²) in [6, 6.07) is 7.92. The van der Waals surface area contributed by atoms with Crippen LogP contribution in [0.2, 0.25) is 10.0 Å². The Morgan fingerprint density at radius 3 is 1.18 bits per heavy atom. The number of carbonyl (C=O) groups excluding carboxylic acids is 9. The van der Waals surface area contributed by atoms with E-state index < -0.39 is 184 Å². The van der Waals surface area contributed by atoms with Gasteiger partial charge in [-0.1, -0.05) is 157 Å². The van der Waals surface area contributed by atoms with Crippen molar-refractivity contribution in [2.45, 2.75) is 296 Å². The van der Waals surface area contributed by atoms with Crippen LogP contribution >= 0.6 is 23.2 Å². The van der Waals surface area contributed by atoms with Crippen molar-refractivity contribution in [1.29, 1.82) is 0 Å². The zero-order valence-corrected chi connectivity index (χ0v) is 81.5. The minimum Gasteiger partial charge on any atom is -0.540 e. The summed E-state index contributed by atoms with van der Waals surface area (Å²) in [4.78, 5) is 147. The van der Waals surface area contributed by atoms with E-state index in [9.17, 15) is 43.2 Å². The molecule has 0 unspecified atom stereocenters. The number of hydrogen-bond acceptors (Lipinski definition) is 22. The Labute approximate surface area is 803 Å². The van der Waals surface area contributed by atoms with Gasteiger partial charge in [-0.15, -0.1) is 0 Å². The number of benzene rings is 3. The number of amides is 6. The molecule has 6 aromatic rings. The van der Waals surface area contributed by atoms with Crippen LogP contribution in [0.5, 0.6) is 23.4 Å². The van der Waals surface area contributed by atoms with Crippen LogP contribution in [-0.4, -0.2) is 198 Å². The van der Waals surface area contributed by atoms with Crippen molar-refractivity contribution < 1.29 is 158 Å². The maximum absolute atomic E-state index is 15.9. The van der Waals surface area contributed by atoms with E-state index >= 15 is 26.3 Å². The SMILES string of the molecule is CCOc1ccc2nc3c(nc2c1)O[C@H]1CN(C(=O)[C@H](C(C)(C)C)NC(=O)O[C@@H]2C[C@H]2CCCCC3(F)F)[C@H]([C-]=O)[C@@H]1C.CC[C@@H]1[C@@H]2CN(C(=O)[C@H](C(C)(C)C)NC(=O)O[C@@H]3C[C@H]3CCCCC(F)(F)c3nc4ccc(Cl)cc4nc3O2)[C@@H]1[C-]=O.CC[C@@H]1[C@@H]2CN(C(=O)[C@H](C(C)(C)C)NC(=O)O[C@]3(C)C[C@H]3CCCCC(F)(F)c3nc4ccc(Cl)cc4nc3O2)[C@@H]1[C-]=O.[V].[V].[V]. The molecule has 131 heavy (non-hydrogen) atoms. The zero-order chi connectivity index (χ0) is 92.8. The molecule has 3 saturated heterocycles. The fourth-order valence-electron chi connectivity index (χ4n) is 18.2. The number of hydrogen-bond donors (Lipinski definition) is 3. The van der Waals surface area contributed by atoms with E-state index in [2.05, 4.69) is 45.9 Å². The van der Waals surface area contributed by atoms with Gasteiger partial charge in [0.05, 0.1) is 59.3 Å². The first-order valence-electron chi connectivity index (χ1n) is 44.3. The summed E-state index contributed by atoms with van der Waals surface area (Å²) >= 11 is 12.3. The zero-order valence-electron chi connectivity index (χ0n) is 75.8. The predicted molar refractivity (Wildman–Crippen MR) is 459 cm³/mol. The van der Waals surface area contributed by atoms with Gasteiger partial charge in [-0.05, 0) is 166 Å². The fraction of sp³-hybridized carbons (Fsp3) is 0.641. The standard InChI is InChI=1S/C31H38ClF2N4O5.C31H39F2N4O6.C30H36ClF2N4O5.3V/c1-6-19-22(16-39)38-15-23(19)42-26-24(35-20-11-10-18(32)13-21(20)36-26)31(33,34)12-8-7-9-17-14-30(17,5)43-28(41)37-25(27(38)40)29(2,3)4;1-6-41-19-10-11-20-21(14-19)35-27-25(34-20)31(32,33)12-8-7-9-18-13-23(18)43-29(40)36-26(30(3,4)5)28(39)37-15-24(42-27)17(2)22(37)16-38;1-5-18-21(15-38)37-14-23(18)41-26-24(34-19-10-9-17(31)13-20(19)35-26)30(32,33)11-7-6-8-16-12-22(16)42-28(40)36-25(27(37)39)29(2,3)4;;;/h10-11,13,17,19,22-23,25H,6-9,12,14-15H2,1-5H3,(H,37,41);10-11,14,17-18,22-24,26H,6-9,12-13,15H2,1-5H3,(H,36,40);9-10,13,16,18,21-23,25H,5-8,11-12,14H2,1-4H3,(H,36,40);;;/q3*-1;;;/t17-,19+,22-,23+,25-,30-;17-,18+,22+,23+,24-,26+;16-,18+,21-,22-,23+,25-;;;/m101.../s1. The minimum atomic E-state index is -3.37. The van der Waals surface area contributed by atoms with Gasteiger partial charge in [0.25, 0.3) is 17.8 Å². The number of aromatic nitrogens is 6. The van der Waals surface area contributed by atoms with E-state index in [0.717, 1.165) is 0 Å². The number of halogens is 8. The molecule has 9 aliphatic rings. The summed E-state index contributed by atoms with van der Waals surface area (Å²) < 4.78 is 136. The Kier molecular flexibility index (Phi) is 33.8. The van der Waals surface area contributed by atoms with Gasteiger partial charge in [0.2, 0.25) is 35.4 Å². The summed E-state index contributed by atoms with van der Waals surface area (Å²) in [7, 11) is 0. The van der Waals surface area contributed by atoms with Crippen LogP contribution in [0.3, 0.4) is 0 Å². The fourth-order valence-corrected chi connectivity index (χ4v) is 18.5. The van der Waals surface area contributed by atoms with Crippen molar-refractivity contribution >= 4 is 111 Å². The molecule has 3 radical (unpaired) electrons. The molecule has 15 rings (SSSR count). The quantitative estimate of drug-likeness (QED) is 0.0759. The van der Waals surface area contributed by atoms with Gasteiger partial charge < -0.3 is 78.2 Å². The van der Waals surface area contributed by atoms with Crippen molar-refractivity contribution in [1.82, 2.24) is 60.6 Å². The average Bonchev–Trinajstić information content (AvgIpc) is 1.37. The summed E-state index contributed by atoms with van der Waals surface area (Å²) in [5.74, 6) is -13.7. The molecule has 6 fully saturated rings. The average molecular weight is 1980 g/mol. The first-order valence-corrected chi connectivity index (χ1v) is 45.1. The molecule has 28 nitrogen and oxygen atoms in total. The number of alkyl halides is 6. The number of alkyl carbamates (subject to hydrolysis) is 3. The van der Waals surface area contributed by atoms with Crippen molar-refractivity contribution in [3.8, 4) is 23.4 Å². The first-order chi connectivity index (χ1) is 60.3. The topological polar surface area (TPSA) is 341 Å². The number of nitrogens with one attached hydrogen (secondary N) is 3. The van der Waals surface area contributed by atoms with Crippen LogP contribution in [-0.2, 0) is 116 Å². The molecule has 6 bridgehead atoms. The minimum absolute atomic E-state index is 0. The van der Waals surface area contributed by atoms with Gasteiger partial charge >= 0.3 is 18.3 Å². The largest absolute Gasteiger partial charge is 0.540 e. The molecule has 6 aliphatic heterocycles. The molecule has 6 amide bonds. The molecule has 3 N–H and O–H groups in total. The number of ether oxygens (including phenoxy) is 7. The Bertz CT molecular complexity index is 5180. The Balaban J connectivity index is 0.000000202. The summed E-state index contributed by atoms with van der Waals surface area (Å²) in [6.45, 7) is 25.3. The molecule has 0 spiro atoms. The molecule has 39 heteroatoms. The van der Waals surface area contributed by atoms with E-state index in [1.165, 1.54) is 39.0 Å². The maximum atomic E-state index is 15.9. The number of carbonyl (C=O) groups is 6. The summed E-state index contributed by atoms with van der Waals surface area (Å²) in [5, 5.41) is 8.91. The van der Waals surface area contributed by atoms with E-state index in [0.29, 0.717) is 98.5 Å². The molecular formula is C92H113Cl2F6N12O16V3-3. The second-order valence-electron chi connectivity index (χ2n) is 38.8. The second kappa shape index (κ2) is 42.1. The van der Waals surface area contributed by atoms with Crippen LogP contribution in [0.25, 0.3) is 33.1 Å². The Morgan fingerprint density at radius 2 is 0.809 bits per heavy atom. The predicted octanol–water partition coefficient (Wildman–Crippen LogP) is 16.5. The molecule has 3 aliphatic carbocycles. The van der Waals surface area contributed by atoms with Crippen LogP contribution in [0.1, 0.15) is 223 Å². The summed E-state index contributed by atoms with van der Waals surface area (Å²) in [5.41, 5.74) is -3.05. The van der Waals surface area contributed by atoms with Gasteiger partial charge in [0, 0.05) is 97.0 Å². The Hall–Kier alpha value is -7.98. The molecule has 3 aromatic carbocycles. The molecule has 3 saturated carbocycles. The maximum Gasteiger partial charge on any atom is 0.408 e. The number of fused-ring (bicyclic) bond motifs is 15. The van der Waals surface area contributed by atoms with E-state index in [1.807, 2.05) is 46.6 Å². The van der Waals surface area contributed by atoms with Gasteiger partial charge in [-0.3, -0.25) is 14.4 Å². The molecule has 3 aromatic heterocycles. The van der Waals surface area contributed by atoms with Gasteiger partial charge in [-0.25, -0.2) is 63.1 Å². The number of rotatable bonds is 7. The first kappa shape index (κ1) is 105. The van der Waals surface area contributed by atoms with E-state index in [1.54, 1.807) is 99.6 Å². The third kappa shape index (κ3) is 24.1. The van der Waals surface area contributed by atoms with Crippen LogP contribution in [0.4, 0.5) is 40.7 Å². The van der Waals surface area contributed by atoms with Crippen molar-refractivity contribution in [3.05, 3.63) is 81.7 Å². The second-order valence-corrected chi connectivity index (χ2v) is 39.6. The molecule has 18 atom stereocenters. The van der Waals surface area contributed by atoms with E-state index in [4.69, 9.17) is 56.4 Å². The molecular weight excluding hydrogens is 1870 g/mol. The van der Waals surface area contributed by atoms with Crippen LogP contribution in [0, 0.1) is 51.8 Å². The van der Waals surface area contributed by atoms with Crippen molar-refractivity contribution in [2.24, 2.45) is 51.8 Å². The summed E-state index contributed by atoms with van der Waals surface area (Å²) in [6.07, 6.45) is 5.76. The van der Waals surface area contributed by atoms with Crippen LogP contribution < -0.4 is 34.9 Å². The van der Waals surface area contributed by atoms with Crippen LogP contribution in [0.15, 0.2) is 54.6 Å². The van der Waals surface area contributed by atoms with Crippen molar-refractivity contribution in [3.63, 3.8) is 0 Å². The third-order valence-corrected chi connectivity index (χ3v) is 26.5. The van der Waals surface area contributed by atoms with Crippen molar-refractivity contribution in [2.75, 3.05) is 26.2 Å². The Morgan fingerprint density at radius 1 is 0.458 bits per heavy atom. The van der Waals surface area contributed by atoms with Gasteiger partial charge in [0.15, 0.2) is 17.1 Å². The van der Waals surface area contributed by atoms with Gasteiger partial charge in [0.1, 0.15) is 60.0 Å².